The van der Waals surface area contributed by atoms with Crippen molar-refractivity contribution in [2.24, 2.45) is 11.8 Å². The Kier molecular flexibility index (Phi) is 7.15. The highest BCUT2D eigenvalue weighted by Crippen LogP contribution is 2.60. The standard InChI is InChI=1S/C25H28O7S2/c1-2-28-14-30-18-7-4-16(5-8-18)23(26)22-19(13-29-24(22)27)25(33-10-3-11-34-25)17-6-9-20-21(12-17)32-15-31-20/h4-9,12,19,22-23,26H,2-3,10-11,13-15H2,1H3/t19-,22-,23?/m1/s1. The number of fused-ring (bicyclic) bond motifs is 1. The maximum absolute atomic E-state index is 13.0. The van der Waals surface area contributed by atoms with E-state index in [0.29, 0.717) is 23.7 Å². The molecule has 9 heteroatoms. The lowest BCUT2D eigenvalue weighted by atomic mass is 9.82. The van der Waals surface area contributed by atoms with Crippen molar-refractivity contribution in [2.75, 3.05) is 38.3 Å². The molecule has 0 spiro atoms. The fourth-order valence-electron chi connectivity index (χ4n) is 4.65. The first-order valence-corrected chi connectivity index (χ1v) is 13.4. The molecule has 5 rings (SSSR count). The second-order valence-electron chi connectivity index (χ2n) is 8.32. The number of carbonyl (C=O) groups is 1. The molecule has 0 bridgehead atoms. The fraction of sp³-hybridized carbons (Fsp3) is 0.480. The third kappa shape index (κ3) is 4.46. The van der Waals surface area contributed by atoms with Crippen molar-refractivity contribution in [1.82, 2.24) is 0 Å². The molecule has 0 aliphatic carbocycles. The van der Waals surface area contributed by atoms with E-state index in [-0.39, 0.29) is 32.1 Å². The van der Waals surface area contributed by atoms with Crippen LogP contribution < -0.4 is 14.2 Å². The van der Waals surface area contributed by atoms with E-state index in [1.54, 1.807) is 24.3 Å². The summed E-state index contributed by atoms with van der Waals surface area (Å²) in [6.45, 7) is 3.12. The number of ether oxygens (including phenoxy) is 5. The van der Waals surface area contributed by atoms with Crippen LogP contribution in [0, 0.1) is 11.8 Å². The third-order valence-corrected chi connectivity index (χ3v) is 10.00. The van der Waals surface area contributed by atoms with E-state index in [0.717, 1.165) is 29.2 Å². The summed E-state index contributed by atoms with van der Waals surface area (Å²) in [6, 6.07) is 13.2. The van der Waals surface area contributed by atoms with Crippen molar-refractivity contribution < 1.29 is 33.6 Å². The van der Waals surface area contributed by atoms with Crippen LogP contribution >= 0.6 is 23.5 Å². The molecule has 2 fully saturated rings. The molecule has 1 unspecified atom stereocenters. The number of cyclic esters (lactones) is 1. The number of aliphatic hydroxyl groups excluding tert-OH is 1. The highest BCUT2D eigenvalue weighted by Gasteiger charge is 2.55. The number of thioether (sulfide) groups is 2. The largest absolute Gasteiger partial charge is 0.468 e. The minimum absolute atomic E-state index is 0.169. The molecule has 3 aliphatic heterocycles. The number of hydrogen-bond donors (Lipinski definition) is 1. The van der Waals surface area contributed by atoms with E-state index in [4.69, 9.17) is 23.7 Å². The molecular weight excluding hydrogens is 476 g/mol. The Hall–Kier alpha value is -2.07. The van der Waals surface area contributed by atoms with Gasteiger partial charge in [-0.05, 0) is 60.2 Å². The number of hydrogen-bond acceptors (Lipinski definition) is 9. The average Bonchev–Trinajstić information content (AvgIpc) is 3.51. The van der Waals surface area contributed by atoms with Gasteiger partial charge in [-0.1, -0.05) is 18.2 Å². The van der Waals surface area contributed by atoms with Crippen LogP contribution in [0.3, 0.4) is 0 Å². The Bertz CT molecular complexity index is 1010. The molecule has 0 aromatic heterocycles. The van der Waals surface area contributed by atoms with Gasteiger partial charge in [-0.2, -0.15) is 0 Å². The molecule has 1 N–H and O–H groups in total. The predicted octanol–water partition coefficient (Wildman–Crippen LogP) is 4.33. The first kappa shape index (κ1) is 23.7. The Labute approximate surface area is 207 Å². The molecule has 3 atom stereocenters. The van der Waals surface area contributed by atoms with E-state index in [2.05, 4.69) is 6.07 Å². The lowest BCUT2D eigenvalue weighted by molar-refractivity contribution is -0.144. The summed E-state index contributed by atoms with van der Waals surface area (Å²) in [6.07, 6.45) is 0.106. The van der Waals surface area contributed by atoms with Crippen molar-refractivity contribution in [3.63, 3.8) is 0 Å². The molecule has 182 valence electrons. The van der Waals surface area contributed by atoms with Gasteiger partial charge in [0.15, 0.2) is 18.3 Å². The van der Waals surface area contributed by atoms with Gasteiger partial charge in [0.2, 0.25) is 6.79 Å². The van der Waals surface area contributed by atoms with Gasteiger partial charge in [0.1, 0.15) is 5.75 Å². The molecule has 7 nitrogen and oxygen atoms in total. The van der Waals surface area contributed by atoms with Gasteiger partial charge in [0, 0.05) is 12.5 Å². The van der Waals surface area contributed by atoms with Crippen LogP contribution in [-0.4, -0.2) is 49.4 Å². The van der Waals surface area contributed by atoms with Crippen molar-refractivity contribution in [1.29, 1.82) is 0 Å². The van der Waals surface area contributed by atoms with Gasteiger partial charge < -0.3 is 28.8 Å². The normalized spacial score (nSPS) is 24.0. The molecule has 34 heavy (non-hydrogen) atoms. The zero-order valence-electron chi connectivity index (χ0n) is 18.9. The summed E-state index contributed by atoms with van der Waals surface area (Å²) in [5, 5.41) is 11.4. The van der Waals surface area contributed by atoms with Gasteiger partial charge in [-0.25, -0.2) is 0 Å². The number of benzene rings is 2. The molecule has 0 saturated carbocycles. The molecular formula is C25H28O7S2. The quantitative estimate of drug-likeness (QED) is 0.321. The molecule has 2 aromatic carbocycles. The minimum atomic E-state index is -0.991. The van der Waals surface area contributed by atoms with Gasteiger partial charge in [0.25, 0.3) is 0 Å². The molecule has 3 heterocycles. The Morgan fingerprint density at radius 1 is 1.09 bits per heavy atom. The number of aliphatic hydroxyl groups is 1. The van der Waals surface area contributed by atoms with Crippen molar-refractivity contribution in [3.05, 3.63) is 53.6 Å². The van der Waals surface area contributed by atoms with Gasteiger partial charge in [0.05, 0.1) is 22.7 Å². The van der Waals surface area contributed by atoms with Gasteiger partial charge in [-0.3, -0.25) is 4.79 Å². The van der Waals surface area contributed by atoms with Crippen LogP contribution in [-0.2, 0) is 18.3 Å². The molecule has 3 aliphatic rings. The van der Waals surface area contributed by atoms with E-state index >= 15 is 0 Å². The monoisotopic (exact) mass is 504 g/mol. The summed E-state index contributed by atoms with van der Waals surface area (Å²) >= 11 is 3.66. The van der Waals surface area contributed by atoms with Gasteiger partial charge in [-0.15, -0.1) is 23.5 Å². The minimum Gasteiger partial charge on any atom is -0.468 e. The highest BCUT2D eigenvalue weighted by atomic mass is 32.2. The summed E-state index contributed by atoms with van der Waals surface area (Å²) in [5.41, 5.74) is 1.72. The first-order valence-electron chi connectivity index (χ1n) is 11.5. The zero-order chi connectivity index (χ0) is 23.5. The second kappa shape index (κ2) is 10.3. The summed E-state index contributed by atoms with van der Waals surface area (Å²) in [5.74, 6) is 2.78. The maximum Gasteiger partial charge on any atom is 0.312 e. The van der Waals surface area contributed by atoms with Crippen LogP contribution in [0.4, 0.5) is 0 Å². The summed E-state index contributed by atoms with van der Waals surface area (Å²) in [7, 11) is 0. The Morgan fingerprint density at radius 3 is 2.62 bits per heavy atom. The number of carbonyl (C=O) groups excluding carboxylic acids is 1. The van der Waals surface area contributed by atoms with E-state index in [1.165, 1.54) is 0 Å². The Morgan fingerprint density at radius 2 is 1.85 bits per heavy atom. The third-order valence-electron chi connectivity index (χ3n) is 6.37. The summed E-state index contributed by atoms with van der Waals surface area (Å²) in [4.78, 5) is 13.0. The SMILES string of the molecule is CCOCOc1ccc(C(O)[C@@H]2C(=O)OC[C@H]2C2(c3ccc4c(c3)OCO4)SCCCS2)cc1. The van der Waals surface area contributed by atoms with Crippen LogP contribution in [0.2, 0.25) is 0 Å². The lowest BCUT2D eigenvalue weighted by Crippen LogP contribution is -2.39. The van der Waals surface area contributed by atoms with Crippen LogP contribution in [0.25, 0.3) is 0 Å². The maximum atomic E-state index is 13.0. The lowest BCUT2D eigenvalue weighted by Gasteiger charge is -2.43. The Balaban J connectivity index is 1.43. The molecule has 2 saturated heterocycles. The number of rotatable bonds is 8. The smallest absolute Gasteiger partial charge is 0.312 e. The van der Waals surface area contributed by atoms with Crippen molar-refractivity contribution in [3.8, 4) is 17.2 Å². The highest BCUT2D eigenvalue weighted by molar-refractivity contribution is 8.18. The van der Waals surface area contributed by atoms with Crippen LogP contribution in [0.5, 0.6) is 17.2 Å². The second-order valence-corrected chi connectivity index (χ2v) is 11.3. The summed E-state index contributed by atoms with van der Waals surface area (Å²) < 4.78 is 27.0. The molecule has 2 aromatic rings. The fourth-order valence-corrected chi connectivity index (χ4v) is 8.29. The molecule has 0 radical (unpaired) electrons. The zero-order valence-corrected chi connectivity index (χ0v) is 20.6. The van der Waals surface area contributed by atoms with Gasteiger partial charge >= 0.3 is 5.97 Å². The number of esters is 1. The molecule has 0 amide bonds. The van der Waals surface area contributed by atoms with E-state index < -0.39 is 16.1 Å². The van der Waals surface area contributed by atoms with Crippen LogP contribution in [0.15, 0.2) is 42.5 Å². The van der Waals surface area contributed by atoms with Crippen LogP contribution in [0.1, 0.15) is 30.6 Å². The average molecular weight is 505 g/mol. The first-order chi connectivity index (χ1) is 16.6. The van der Waals surface area contributed by atoms with Crippen molar-refractivity contribution >= 4 is 29.5 Å². The van der Waals surface area contributed by atoms with Crippen molar-refractivity contribution in [2.45, 2.75) is 23.5 Å². The topological polar surface area (TPSA) is 83.5 Å². The van der Waals surface area contributed by atoms with E-state index in [9.17, 15) is 9.90 Å². The predicted molar refractivity (Wildman–Crippen MR) is 130 cm³/mol. The van der Waals surface area contributed by atoms with E-state index in [1.807, 2.05) is 42.6 Å².